The van der Waals surface area contributed by atoms with Crippen molar-refractivity contribution in [1.29, 1.82) is 0 Å². The van der Waals surface area contributed by atoms with Gasteiger partial charge in [0.05, 0.1) is 19.0 Å². The first-order chi connectivity index (χ1) is 46.9. The Morgan fingerprint density at radius 2 is 0.879 bits per heavy atom. The van der Waals surface area contributed by atoms with Crippen LogP contribution in [0.3, 0.4) is 0 Å². The number of carbonyl (C=O) groups is 12. The average molecular weight is 1400 g/mol. The molecule has 0 saturated heterocycles. The van der Waals surface area contributed by atoms with Crippen LogP contribution in [0.2, 0.25) is 0 Å². The minimum atomic E-state index is -1.72. The standard InChI is InChI=1S/C66H113N19O14/c1-11-37(6)51(62(95)76-40(9)54(87)75-41(10)55(88)82-50(34-86)61(94)80-49(32-43-33-72-35-74-43)60(93)77-45(24-17-19-27-67)57(90)79-47(65(98)99)25-18-20-28-68)84-58(91)46(26-21-29-73-66(70)71)78-59(92)48(31-42-22-15-14-16-23-42)81-63(96)52(38(7)12-2)85-64(97)53(39(8)13-3)83-56(89)44(69)30-36(4)5/h14-16,22-23,33,35-41,44-53,86H,11-13,17-21,24-32,34,67-69H2,1-10H3,(H,72,74)(H,75,87)(H,76,95)(H,77,93)(H,78,92)(H,79,90)(H,80,94)(H,81,96)(H,82,88)(H,83,89)(H,84,91)(H,85,97)(H,98,99)(H4,70,71,73)/t37-,38-,39-,40-,41-,44-,45-,46-,47-,48-,49-,50-,51-,52-,53-/m0/s1. The SMILES string of the molecule is CC[C@H](C)[C@H](NC(=O)[C@H](CCCN=C(N)N)NC(=O)[C@H](Cc1ccccc1)NC(=O)[C@@H](NC(=O)[C@@H](NC(=O)[C@@H](N)CC(C)C)[C@@H](C)CC)[C@@H](C)CC)C(=O)N[C@@H](C)C(=O)N[C@@H](C)C(=O)N[C@@H](CO)C(=O)N[C@@H](Cc1cnc[nH]1)C(=O)N[C@@H](CCCCN)C(=O)N[C@@H](CCCCN)C(=O)O. The number of H-pyrrole nitrogens is 1. The first-order valence-corrected chi connectivity index (χ1v) is 34.3. The van der Waals surface area contributed by atoms with Gasteiger partial charge < -0.3 is 102 Å². The molecule has 1 heterocycles. The maximum atomic E-state index is 14.7. The summed E-state index contributed by atoms with van der Waals surface area (Å²) in [5, 5.41) is 49.0. The number of nitrogens with one attached hydrogen (secondary N) is 12. The van der Waals surface area contributed by atoms with Crippen LogP contribution in [0.15, 0.2) is 47.8 Å². The Balaban J connectivity index is 2.38. The fourth-order valence-corrected chi connectivity index (χ4v) is 10.3. The number of benzene rings is 1. The Hall–Kier alpha value is -8.82. The van der Waals surface area contributed by atoms with Gasteiger partial charge in [0.15, 0.2) is 5.96 Å². The summed E-state index contributed by atoms with van der Waals surface area (Å²) in [6.07, 6.45) is 5.89. The first kappa shape index (κ1) is 86.3. The Kier molecular flexibility index (Phi) is 39.8. The van der Waals surface area contributed by atoms with Gasteiger partial charge in [-0.25, -0.2) is 9.78 Å². The lowest BCUT2D eigenvalue weighted by molar-refractivity contribution is -0.142. The molecule has 24 N–H and O–H groups in total. The summed E-state index contributed by atoms with van der Waals surface area (Å²) in [5.41, 5.74) is 29.6. The van der Waals surface area contributed by atoms with Crippen LogP contribution in [-0.2, 0) is 70.4 Å². The summed E-state index contributed by atoms with van der Waals surface area (Å²) < 4.78 is 0. The van der Waals surface area contributed by atoms with Crippen LogP contribution < -0.4 is 87.2 Å². The van der Waals surface area contributed by atoms with Crippen LogP contribution in [0, 0.1) is 23.7 Å². The van der Waals surface area contributed by atoms with E-state index in [0.29, 0.717) is 69.2 Å². The fraction of sp³-hybridized carbons (Fsp3) is 0.667. The number of imidazole rings is 1. The number of carbonyl (C=O) groups excluding carboxylic acids is 11. The van der Waals surface area contributed by atoms with Gasteiger partial charge in [0.2, 0.25) is 65.0 Å². The lowest BCUT2D eigenvalue weighted by Crippen LogP contribution is -2.62. The summed E-state index contributed by atoms with van der Waals surface area (Å²) in [4.78, 5) is 177. The third-order valence-electron chi connectivity index (χ3n) is 17.0. The monoisotopic (exact) mass is 1400 g/mol. The molecule has 0 radical (unpaired) electrons. The largest absolute Gasteiger partial charge is 0.480 e. The van der Waals surface area contributed by atoms with E-state index in [4.69, 9.17) is 28.7 Å². The molecule has 15 atom stereocenters. The van der Waals surface area contributed by atoms with Crippen molar-refractivity contribution in [3.05, 3.63) is 54.1 Å². The zero-order chi connectivity index (χ0) is 74.5. The van der Waals surface area contributed by atoms with Gasteiger partial charge in [-0.1, -0.05) is 105 Å². The summed E-state index contributed by atoms with van der Waals surface area (Å²) >= 11 is 0. The molecule has 0 fully saturated rings. The highest BCUT2D eigenvalue weighted by atomic mass is 16.4. The number of amides is 11. The van der Waals surface area contributed by atoms with Crippen molar-refractivity contribution in [2.45, 2.75) is 232 Å². The number of aromatic nitrogens is 2. The van der Waals surface area contributed by atoms with E-state index in [-0.39, 0.29) is 69.4 Å². The number of aliphatic imine (C=N–C) groups is 1. The van der Waals surface area contributed by atoms with Crippen LogP contribution >= 0.6 is 0 Å². The molecule has 1 aromatic carbocycles. The van der Waals surface area contributed by atoms with E-state index in [0.717, 1.165) is 0 Å². The van der Waals surface area contributed by atoms with Gasteiger partial charge in [-0.3, -0.25) is 57.7 Å². The van der Waals surface area contributed by atoms with Gasteiger partial charge in [0, 0.05) is 31.3 Å². The molecular formula is C66H113N19O14. The number of rotatable bonds is 48. The molecule has 0 bridgehead atoms. The molecule has 0 aliphatic carbocycles. The predicted octanol–water partition coefficient (Wildman–Crippen LogP) is -2.53. The van der Waals surface area contributed by atoms with Crippen molar-refractivity contribution >= 4 is 76.9 Å². The molecule has 0 unspecified atom stereocenters. The molecule has 0 aliphatic heterocycles. The maximum absolute atomic E-state index is 14.7. The maximum Gasteiger partial charge on any atom is 0.326 e. The molecule has 99 heavy (non-hydrogen) atoms. The molecule has 0 saturated carbocycles. The number of unbranched alkanes of at least 4 members (excludes halogenated alkanes) is 2. The summed E-state index contributed by atoms with van der Waals surface area (Å²) in [6, 6.07) is -7.07. The molecule has 556 valence electrons. The van der Waals surface area contributed by atoms with Crippen molar-refractivity contribution in [3.63, 3.8) is 0 Å². The Bertz CT molecular complexity index is 2920. The number of carboxylic acids is 1. The van der Waals surface area contributed by atoms with Gasteiger partial charge >= 0.3 is 5.97 Å². The van der Waals surface area contributed by atoms with Crippen molar-refractivity contribution in [1.82, 2.24) is 68.5 Å². The number of hydrogen-bond acceptors (Lipinski definition) is 18. The number of hydrogen-bond donors (Lipinski definition) is 19. The van der Waals surface area contributed by atoms with Crippen molar-refractivity contribution in [2.24, 2.45) is 57.3 Å². The number of nitrogens with zero attached hydrogens (tertiary/aromatic N) is 2. The van der Waals surface area contributed by atoms with E-state index in [2.05, 4.69) is 73.4 Å². The number of aliphatic hydroxyl groups excluding tert-OH is 1. The van der Waals surface area contributed by atoms with E-state index in [1.165, 1.54) is 26.4 Å². The van der Waals surface area contributed by atoms with Crippen LogP contribution in [0.25, 0.3) is 0 Å². The smallest absolute Gasteiger partial charge is 0.326 e. The molecular weight excluding hydrogens is 1280 g/mol. The third-order valence-corrected chi connectivity index (χ3v) is 17.0. The van der Waals surface area contributed by atoms with E-state index in [9.17, 15) is 67.7 Å². The highest BCUT2D eigenvalue weighted by Gasteiger charge is 2.38. The summed E-state index contributed by atoms with van der Waals surface area (Å²) in [7, 11) is 0. The second-order valence-corrected chi connectivity index (χ2v) is 25.7. The van der Waals surface area contributed by atoms with Crippen molar-refractivity contribution in [2.75, 3.05) is 26.2 Å². The number of aromatic amines is 1. The van der Waals surface area contributed by atoms with Gasteiger partial charge in [-0.05, 0) is 114 Å². The van der Waals surface area contributed by atoms with Crippen molar-refractivity contribution < 1.29 is 67.7 Å². The van der Waals surface area contributed by atoms with E-state index >= 15 is 0 Å². The van der Waals surface area contributed by atoms with Crippen LogP contribution in [0.1, 0.15) is 158 Å². The van der Waals surface area contributed by atoms with Crippen molar-refractivity contribution in [3.8, 4) is 0 Å². The molecule has 0 aliphatic rings. The lowest BCUT2D eigenvalue weighted by atomic mass is 9.94. The Morgan fingerprint density at radius 3 is 1.35 bits per heavy atom. The number of nitrogens with two attached hydrogens (primary N) is 5. The topological polar surface area (TPSA) is 549 Å². The summed E-state index contributed by atoms with van der Waals surface area (Å²) in [6.45, 7) is 16.6. The number of aliphatic carboxylic acids is 1. The highest BCUT2D eigenvalue weighted by Crippen LogP contribution is 2.17. The predicted molar refractivity (Wildman–Crippen MR) is 371 cm³/mol. The molecule has 2 aromatic rings. The quantitative estimate of drug-likeness (QED) is 0.0184. The van der Waals surface area contributed by atoms with Crippen LogP contribution in [0.4, 0.5) is 0 Å². The normalized spacial score (nSPS) is 15.8. The van der Waals surface area contributed by atoms with Crippen LogP contribution in [-0.4, -0.2) is 196 Å². The molecule has 2 rings (SSSR count). The highest BCUT2D eigenvalue weighted by molar-refractivity contribution is 5.99. The molecule has 11 amide bonds. The number of aliphatic hydroxyl groups is 1. The van der Waals surface area contributed by atoms with Gasteiger partial charge in [-0.2, -0.15) is 0 Å². The van der Waals surface area contributed by atoms with Crippen LogP contribution in [0.5, 0.6) is 0 Å². The third kappa shape index (κ3) is 31.3. The van der Waals surface area contributed by atoms with E-state index in [1.807, 2.05) is 27.7 Å². The minimum Gasteiger partial charge on any atom is -0.480 e. The lowest BCUT2D eigenvalue weighted by Gasteiger charge is -2.31. The summed E-state index contributed by atoms with van der Waals surface area (Å²) in [5.74, 6) is -11.8. The fourth-order valence-electron chi connectivity index (χ4n) is 10.3. The van der Waals surface area contributed by atoms with E-state index in [1.54, 1.807) is 58.0 Å². The average Bonchev–Trinajstić information content (AvgIpc) is 1.48. The molecule has 33 nitrogen and oxygen atoms in total. The second kappa shape index (κ2) is 45.7. The number of guanidine groups is 1. The van der Waals surface area contributed by atoms with E-state index < -0.39 is 162 Å². The molecule has 1 aromatic heterocycles. The Labute approximate surface area is 580 Å². The molecule has 33 heteroatoms. The van der Waals surface area contributed by atoms with Gasteiger partial charge in [0.1, 0.15) is 66.5 Å². The zero-order valence-electron chi connectivity index (χ0n) is 59.1. The minimum absolute atomic E-state index is 0.0267. The van der Waals surface area contributed by atoms with Gasteiger partial charge in [0.25, 0.3) is 0 Å². The second-order valence-electron chi connectivity index (χ2n) is 25.7. The molecule has 0 spiro atoms. The zero-order valence-corrected chi connectivity index (χ0v) is 59.1. The Morgan fingerprint density at radius 1 is 0.485 bits per heavy atom. The van der Waals surface area contributed by atoms with Gasteiger partial charge in [-0.15, -0.1) is 0 Å². The number of carboxylic acid groups (broad SMARTS) is 1. The first-order valence-electron chi connectivity index (χ1n) is 34.3.